The van der Waals surface area contributed by atoms with Gasteiger partial charge in [0.05, 0.1) is 6.61 Å². The Bertz CT molecular complexity index is 444. The standard InChI is InChI=1S/C15H23ClN2O/c1-17(2)15(7-4-8-15)11-18(3)14-9-13(16)6-5-12(14)10-19/h5-6,9,19H,4,7-8,10-11H2,1-3H3. The van der Waals surface area contributed by atoms with Gasteiger partial charge >= 0.3 is 0 Å². The Labute approximate surface area is 120 Å². The van der Waals surface area contributed by atoms with Gasteiger partial charge in [0.25, 0.3) is 0 Å². The topological polar surface area (TPSA) is 26.7 Å². The van der Waals surface area contributed by atoms with Crippen molar-refractivity contribution in [2.45, 2.75) is 31.4 Å². The number of aliphatic hydroxyl groups excluding tert-OH is 1. The van der Waals surface area contributed by atoms with Gasteiger partial charge in [-0.25, -0.2) is 0 Å². The molecule has 1 saturated carbocycles. The predicted octanol–water partition coefficient (Wildman–Crippen LogP) is 2.75. The summed E-state index contributed by atoms with van der Waals surface area (Å²) in [5, 5.41) is 10.2. The lowest BCUT2D eigenvalue weighted by Crippen LogP contribution is -2.56. The number of hydrogen-bond donors (Lipinski definition) is 1. The highest BCUT2D eigenvalue weighted by Gasteiger charge is 2.40. The van der Waals surface area contributed by atoms with E-state index < -0.39 is 0 Å². The predicted molar refractivity (Wildman–Crippen MR) is 80.9 cm³/mol. The largest absolute Gasteiger partial charge is 0.392 e. The molecule has 1 aliphatic rings. The number of likely N-dealkylation sites (N-methyl/N-ethyl adjacent to an activating group) is 2. The summed E-state index contributed by atoms with van der Waals surface area (Å²) in [5.74, 6) is 0. The fourth-order valence-electron chi connectivity index (χ4n) is 2.88. The van der Waals surface area contributed by atoms with Gasteiger partial charge in [-0.05, 0) is 45.5 Å². The summed E-state index contributed by atoms with van der Waals surface area (Å²) < 4.78 is 0. The van der Waals surface area contributed by atoms with Crippen LogP contribution in [0.4, 0.5) is 5.69 Å². The van der Waals surface area contributed by atoms with E-state index in [9.17, 15) is 5.11 Å². The van der Waals surface area contributed by atoms with Gasteiger partial charge in [-0.2, -0.15) is 0 Å². The molecule has 0 atom stereocenters. The molecule has 1 aromatic carbocycles. The van der Waals surface area contributed by atoms with Crippen LogP contribution in [0.25, 0.3) is 0 Å². The smallest absolute Gasteiger partial charge is 0.0702 e. The van der Waals surface area contributed by atoms with Crippen LogP contribution in [-0.2, 0) is 6.61 Å². The maximum absolute atomic E-state index is 9.46. The van der Waals surface area contributed by atoms with E-state index in [1.165, 1.54) is 19.3 Å². The number of anilines is 1. The Morgan fingerprint density at radius 2 is 1.95 bits per heavy atom. The van der Waals surface area contributed by atoms with Gasteiger partial charge in [0.2, 0.25) is 0 Å². The zero-order valence-electron chi connectivity index (χ0n) is 12.0. The van der Waals surface area contributed by atoms with Crippen molar-refractivity contribution in [3.63, 3.8) is 0 Å². The van der Waals surface area contributed by atoms with E-state index in [1.807, 2.05) is 18.2 Å². The zero-order chi connectivity index (χ0) is 14.0. The summed E-state index contributed by atoms with van der Waals surface area (Å²) in [4.78, 5) is 4.55. The van der Waals surface area contributed by atoms with Crippen LogP contribution in [0.5, 0.6) is 0 Å². The third-order valence-corrected chi connectivity index (χ3v) is 4.63. The van der Waals surface area contributed by atoms with Gasteiger partial charge in [-0.15, -0.1) is 0 Å². The summed E-state index contributed by atoms with van der Waals surface area (Å²) >= 11 is 6.08. The van der Waals surface area contributed by atoms with Gasteiger partial charge in [0, 0.05) is 35.4 Å². The number of halogens is 1. The van der Waals surface area contributed by atoms with Crippen LogP contribution < -0.4 is 4.90 Å². The molecule has 19 heavy (non-hydrogen) atoms. The molecule has 0 unspecified atom stereocenters. The molecule has 0 bridgehead atoms. The van der Waals surface area contributed by atoms with Crippen LogP contribution in [0.15, 0.2) is 18.2 Å². The van der Waals surface area contributed by atoms with Crippen molar-refractivity contribution in [1.82, 2.24) is 4.90 Å². The van der Waals surface area contributed by atoms with E-state index in [-0.39, 0.29) is 12.1 Å². The van der Waals surface area contributed by atoms with Crippen molar-refractivity contribution in [3.05, 3.63) is 28.8 Å². The fraction of sp³-hybridized carbons (Fsp3) is 0.600. The minimum Gasteiger partial charge on any atom is -0.392 e. The molecular formula is C15H23ClN2O. The lowest BCUT2D eigenvalue weighted by Gasteiger charge is -2.49. The lowest BCUT2D eigenvalue weighted by atomic mass is 9.75. The Kier molecular flexibility index (Phi) is 4.39. The van der Waals surface area contributed by atoms with Crippen LogP contribution in [-0.4, -0.2) is 43.2 Å². The van der Waals surface area contributed by atoms with Gasteiger partial charge in [0.1, 0.15) is 0 Å². The molecule has 1 N–H and O–H groups in total. The van der Waals surface area contributed by atoms with E-state index in [2.05, 4.69) is 30.9 Å². The summed E-state index contributed by atoms with van der Waals surface area (Å²) in [5.41, 5.74) is 2.23. The van der Waals surface area contributed by atoms with E-state index in [4.69, 9.17) is 11.6 Å². The lowest BCUT2D eigenvalue weighted by molar-refractivity contribution is 0.0682. The molecule has 106 valence electrons. The van der Waals surface area contributed by atoms with Gasteiger partial charge in [0.15, 0.2) is 0 Å². The highest BCUT2D eigenvalue weighted by Crippen LogP contribution is 2.38. The second-order valence-corrected chi connectivity index (χ2v) is 6.20. The molecule has 3 nitrogen and oxygen atoms in total. The second-order valence-electron chi connectivity index (χ2n) is 5.76. The first-order valence-electron chi connectivity index (χ1n) is 6.76. The van der Waals surface area contributed by atoms with E-state index >= 15 is 0 Å². The zero-order valence-corrected chi connectivity index (χ0v) is 12.7. The molecule has 0 aliphatic heterocycles. The third kappa shape index (κ3) is 2.88. The van der Waals surface area contributed by atoms with Crippen molar-refractivity contribution < 1.29 is 5.11 Å². The molecule has 1 aliphatic carbocycles. The van der Waals surface area contributed by atoms with Crippen LogP contribution in [0.2, 0.25) is 5.02 Å². The molecule has 0 spiro atoms. The molecule has 2 rings (SSSR count). The molecule has 4 heteroatoms. The molecule has 0 saturated heterocycles. The Morgan fingerprint density at radius 3 is 2.42 bits per heavy atom. The number of benzene rings is 1. The maximum Gasteiger partial charge on any atom is 0.0702 e. The van der Waals surface area contributed by atoms with Crippen LogP contribution >= 0.6 is 11.6 Å². The average molecular weight is 283 g/mol. The number of nitrogens with zero attached hydrogens (tertiary/aromatic N) is 2. The van der Waals surface area contributed by atoms with Crippen LogP contribution in [0.3, 0.4) is 0 Å². The molecule has 0 heterocycles. The van der Waals surface area contributed by atoms with Gasteiger partial charge in [-0.1, -0.05) is 17.7 Å². The van der Waals surface area contributed by atoms with Crippen LogP contribution in [0, 0.1) is 0 Å². The first-order valence-corrected chi connectivity index (χ1v) is 7.14. The van der Waals surface area contributed by atoms with Crippen molar-refractivity contribution in [2.24, 2.45) is 0 Å². The minimum absolute atomic E-state index is 0.0474. The fourth-order valence-corrected chi connectivity index (χ4v) is 3.05. The van der Waals surface area contributed by atoms with E-state index in [1.54, 1.807) is 0 Å². The number of rotatable bonds is 5. The van der Waals surface area contributed by atoms with Crippen molar-refractivity contribution in [1.29, 1.82) is 0 Å². The third-order valence-electron chi connectivity index (χ3n) is 4.39. The number of hydrogen-bond acceptors (Lipinski definition) is 3. The summed E-state index contributed by atoms with van der Waals surface area (Å²) in [7, 11) is 6.38. The van der Waals surface area contributed by atoms with E-state index in [0.717, 1.165) is 17.8 Å². The van der Waals surface area contributed by atoms with E-state index in [0.29, 0.717) is 5.02 Å². The maximum atomic E-state index is 9.46. The molecule has 0 radical (unpaired) electrons. The second kappa shape index (κ2) is 5.70. The minimum atomic E-state index is 0.0474. The first-order chi connectivity index (χ1) is 8.98. The monoisotopic (exact) mass is 282 g/mol. The van der Waals surface area contributed by atoms with Crippen molar-refractivity contribution in [3.8, 4) is 0 Å². The highest BCUT2D eigenvalue weighted by atomic mass is 35.5. The Morgan fingerprint density at radius 1 is 1.26 bits per heavy atom. The molecule has 1 aromatic rings. The SMILES string of the molecule is CN(CC1(N(C)C)CCC1)c1cc(Cl)ccc1CO. The highest BCUT2D eigenvalue weighted by molar-refractivity contribution is 6.30. The Hall–Kier alpha value is -0.770. The average Bonchev–Trinajstić information content (AvgIpc) is 2.33. The van der Waals surface area contributed by atoms with Gasteiger partial charge < -0.3 is 14.9 Å². The normalized spacial score (nSPS) is 17.4. The van der Waals surface area contributed by atoms with Crippen molar-refractivity contribution >= 4 is 17.3 Å². The molecule has 0 aromatic heterocycles. The summed E-state index contributed by atoms with van der Waals surface area (Å²) in [6, 6.07) is 5.67. The van der Waals surface area contributed by atoms with Crippen LogP contribution in [0.1, 0.15) is 24.8 Å². The quantitative estimate of drug-likeness (QED) is 0.900. The first kappa shape index (κ1) is 14.6. The summed E-state index contributed by atoms with van der Waals surface area (Å²) in [6.07, 6.45) is 3.77. The number of aliphatic hydroxyl groups is 1. The molecular weight excluding hydrogens is 260 g/mol. The van der Waals surface area contributed by atoms with Gasteiger partial charge in [-0.3, -0.25) is 0 Å². The Balaban J connectivity index is 2.19. The molecule has 1 fully saturated rings. The summed E-state index contributed by atoms with van der Waals surface area (Å²) in [6.45, 7) is 1.01. The van der Waals surface area contributed by atoms with Crippen molar-refractivity contribution in [2.75, 3.05) is 32.6 Å². The molecule has 0 amide bonds.